The lowest BCUT2D eigenvalue weighted by molar-refractivity contribution is 0.399. The number of methoxy groups -OCH3 is 1. The molecule has 0 unspecified atom stereocenters. The Labute approximate surface area is 195 Å². The summed E-state index contributed by atoms with van der Waals surface area (Å²) in [6.07, 6.45) is 3.87. The summed E-state index contributed by atoms with van der Waals surface area (Å²) in [6.45, 7) is 2.04. The standard InChI is InChI=1S/C24H16N2OS4/c1-13-7-14-8-20(30-22(14)11-25-13)18-5-3-16(28-18)17-4-6-19(29-17)21-9-15-10-24(27-2)26-12-23(15)31-21/h3-12H,1-2H3. The van der Waals surface area contributed by atoms with Crippen LogP contribution in [0, 0.1) is 6.92 Å². The van der Waals surface area contributed by atoms with E-state index in [0.717, 1.165) is 5.69 Å². The Morgan fingerprint density at radius 3 is 1.71 bits per heavy atom. The van der Waals surface area contributed by atoms with Crippen molar-refractivity contribution in [3.05, 3.63) is 66.6 Å². The lowest BCUT2D eigenvalue weighted by Gasteiger charge is -1.95. The minimum absolute atomic E-state index is 0.655. The molecule has 0 bridgehead atoms. The lowest BCUT2D eigenvalue weighted by Crippen LogP contribution is -1.84. The third-order valence-electron chi connectivity index (χ3n) is 5.07. The number of hydrogen-bond donors (Lipinski definition) is 0. The number of nitrogens with zero attached hydrogens (tertiary/aromatic N) is 2. The van der Waals surface area contributed by atoms with Gasteiger partial charge < -0.3 is 4.74 Å². The van der Waals surface area contributed by atoms with Crippen molar-refractivity contribution in [1.82, 2.24) is 9.97 Å². The minimum atomic E-state index is 0.655. The largest absolute Gasteiger partial charge is 0.481 e. The minimum Gasteiger partial charge on any atom is -0.481 e. The van der Waals surface area contributed by atoms with Crippen molar-refractivity contribution in [2.24, 2.45) is 0 Å². The van der Waals surface area contributed by atoms with Crippen LogP contribution >= 0.6 is 45.3 Å². The van der Waals surface area contributed by atoms with Gasteiger partial charge in [-0.15, -0.1) is 45.3 Å². The molecule has 0 radical (unpaired) electrons. The molecule has 0 amide bonds. The summed E-state index contributed by atoms with van der Waals surface area (Å²) < 4.78 is 7.68. The van der Waals surface area contributed by atoms with Crippen LogP contribution in [0.5, 0.6) is 5.88 Å². The Balaban J connectivity index is 1.32. The predicted molar refractivity (Wildman–Crippen MR) is 136 cm³/mol. The first-order valence-corrected chi connectivity index (χ1v) is 12.9. The van der Waals surface area contributed by atoms with Crippen LogP contribution < -0.4 is 4.74 Å². The molecule has 0 spiro atoms. The van der Waals surface area contributed by atoms with E-state index in [-0.39, 0.29) is 0 Å². The van der Waals surface area contributed by atoms with Gasteiger partial charge in [0.1, 0.15) is 0 Å². The Kier molecular flexibility index (Phi) is 4.65. The number of fused-ring (bicyclic) bond motifs is 2. The van der Waals surface area contributed by atoms with Crippen molar-refractivity contribution in [2.45, 2.75) is 6.92 Å². The number of thiophene rings is 4. The zero-order chi connectivity index (χ0) is 20.9. The summed E-state index contributed by atoms with van der Waals surface area (Å²) in [7, 11) is 1.65. The molecule has 0 saturated carbocycles. The van der Waals surface area contributed by atoms with E-state index in [2.05, 4.69) is 52.4 Å². The Morgan fingerprint density at radius 2 is 1.13 bits per heavy atom. The van der Waals surface area contributed by atoms with Gasteiger partial charge in [-0.1, -0.05) is 0 Å². The molecule has 7 heteroatoms. The highest BCUT2D eigenvalue weighted by atomic mass is 32.1. The average molecular weight is 477 g/mol. The number of hydrogen-bond acceptors (Lipinski definition) is 7. The monoisotopic (exact) mass is 476 g/mol. The fourth-order valence-corrected chi connectivity index (χ4v) is 7.83. The second-order valence-corrected chi connectivity index (χ2v) is 11.5. The van der Waals surface area contributed by atoms with Crippen molar-refractivity contribution < 1.29 is 4.74 Å². The molecule has 0 aliphatic heterocycles. The first kappa shape index (κ1) is 19.1. The Hall–Kier alpha value is -2.58. The van der Waals surface area contributed by atoms with E-state index in [4.69, 9.17) is 4.74 Å². The van der Waals surface area contributed by atoms with Crippen LogP contribution in [0.1, 0.15) is 5.69 Å². The molecule has 152 valence electrons. The zero-order valence-corrected chi connectivity index (χ0v) is 20.0. The van der Waals surface area contributed by atoms with Gasteiger partial charge in [0.15, 0.2) is 0 Å². The van der Waals surface area contributed by atoms with Gasteiger partial charge in [0.2, 0.25) is 5.88 Å². The molecule has 6 rings (SSSR count). The molecule has 0 saturated heterocycles. The van der Waals surface area contributed by atoms with Crippen molar-refractivity contribution in [3.8, 4) is 35.1 Å². The number of aryl methyl sites for hydroxylation is 1. The van der Waals surface area contributed by atoms with E-state index < -0.39 is 0 Å². The van der Waals surface area contributed by atoms with Crippen molar-refractivity contribution in [3.63, 3.8) is 0 Å². The van der Waals surface area contributed by atoms with Gasteiger partial charge >= 0.3 is 0 Å². The first-order valence-electron chi connectivity index (χ1n) is 9.67. The third-order valence-corrected chi connectivity index (χ3v) is 10.00. The normalized spacial score (nSPS) is 11.5. The van der Waals surface area contributed by atoms with Gasteiger partial charge in [-0.2, -0.15) is 0 Å². The van der Waals surface area contributed by atoms with Crippen molar-refractivity contribution in [2.75, 3.05) is 7.11 Å². The molecule has 3 nitrogen and oxygen atoms in total. The van der Waals surface area contributed by atoms with Crippen LogP contribution in [0.4, 0.5) is 0 Å². The number of aromatic nitrogens is 2. The van der Waals surface area contributed by atoms with E-state index in [9.17, 15) is 0 Å². The molecule has 0 aliphatic rings. The summed E-state index contributed by atoms with van der Waals surface area (Å²) >= 11 is 7.28. The summed E-state index contributed by atoms with van der Waals surface area (Å²) in [5, 5.41) is 2.45. The SMILES string of the molecule is COc1cc2cc(-c3ccc(-c4ccc(-c5cc6cc(C)ncc6s5)s4)s3)sc2cn1. The highest BCUT2D eigenvalue weighted by Gasteiger charge is 2.13. The molecule has 6 aromatic heterocycles. The summed E-state index contributed by atoms with van der Waals surface area (Å²) in [6, 6.07) is 17.6. The van der Waals surface area contributed by atoms with Gasteiger partial charge in [-0.05, 0) is 54.8 Å². The van der Waals surface area contributed by atoms with Gasteiger partial charge in [-0.25, -0.2) is 4.98 Å². The molecule has 0 N–H and O–H groups in total. The van der Waals surface area contributed by atoms with Crippen LogP contribution in [0.3, 0.4) is 0 Å². The average Bonchev–Trinajstić information content (AvgIpc) is 3.56. The maximum atomic E-state index is 5.26. The molecule has 6 aromatic rings. The molecular weight excluding hydrogens is 461 g/mol. The predicted octanol–water partition coefficient (Wildman–Crippen LogP) is 8.35. The number of pyridine rings is 2. The number of ether oxygens (including phenoxy) is 1. The highest BCUT2D eigenvalue weighted by Crippen LogP contribution is 2.44. The van der Waals surface area contributed by atoms with Gasteiger partial charge in [0, 0.05) is 58.8 Å². The van der Waals surface area contributed by atoms with E-state index in [1.807, 2.05) is 59.4 Å². The van der Waals surface area contributed by atoms with Crippen molar-refractivity contribution >= 4 is 65.5 Å². The van der Waals surface area contributed by atoms with Crippen LogP contribution in [0.15, 0.2) is 60.9 Å². The maximum Gasteiger partial charge on any atom is 0.213 e. The third kappa shape index (κ3) is 3.47. The fraction of sp³-hybridized carbons (Fsp3) is 0.0833. The molecule has 0 atom stereocenters. The summed E-state index contributed by atoms with van der Waals surface area (Å²) in [5.74, 6) is 0.655. The second-order valence-electron chi connectivity index (χ2n) is 7.18. The second kappa shape index (κ2) is 7.53. The maximum absolute atomic E-state index is 5.26. The summed E-state index contributed by atoms with van der Waals surface area (Å²) in [5.41, 5.74) is 1.06. The molecule has 31 heavy (non-hydrogen) atoms. The molecule has 0 aliphatic carbocycles. The van der Waals surface area contributed by atoms with Crippen LogP contribution in [0.2, 0.25) is 0 Å². The topological polar surface area (TPSA) is 35.0 Å². The van der Waals surface area contributed by atoms with Crippen LogP contribution in [-0.2, 0) is 0 Å². The molecular formula is C24H16N2OS4. The lowest BCUT2D eigenvalue weighted by atomic mass is 10.2. The Morgan fingerprint density at radius 1 is 0.613 bits per heavy atom. The van der Waals surface area contributed by atoms with Gasteiger partial charge in [-0.3, -0.25) is 4.98 Å². The molecule has 0 fully saturated rings. The van der Waals surface area contributed by atoms with Gasteiger partial charge in [0.05, 0.1) is 16.5 Å². The van der Waals surface area contributed by atoms with E-state index in [0.29, 0.717) is 5.88 Å². The van der Waals surface area contributed by atoms with E-state index in [1.165, 1.54) is 49.4 Å². The quantitative estimate of drug-likeness (QED) is 0.256. The van der Waals surface area contributed by atoms with E-state index >= 15 is 0 Å². The zero-order valence-electron chi connectivity index (χ0n) is 16.7. The molecule has 6 heterocycles. The van der Waals surface area contributed by atoms with Crippen LogP contribution in [0.25, 0.3) is 49.4 Å². The Bertz CT molecular complexity index is 1550. The summed E-state index contributed by atoms with van der Waals surface area (Å²) in [4.78, 5) is 16.5. The number of rotatable bonds is 4. The van der Waals surface area contributed by atoms with E-state index in [1.54, 1.807) is 18.4 Å². The van der Waals surface area contributed by atoms with Gasteiger partial charge in [0.25, 0.3) is 0 Å². The first-order chi connectivity index (χ1) is 15.2. The highest BCUT2D eigenvalue weighted by molar-refractivity contribution is 7.30. The van der Waals surface area contributed by atoms with Crippen LogP contribution in [-0.4, -0.2) is 17.1 Å². The molecule has 0 aromatic carbocycles. The van der Waals surface area contributed by atoms with Crippen molar-refractivity contribution in [1.29, 1.82) is 0 Å². The fourth-order valence-electron chi connectivity index (χ4n) is 3.54. The smallest absolute Gasteiger partial charge is 0.213 e.